The van der Waals surface area contributed by atoms with E-state index in [9.17, 15) is 18.4 Å². The zero-order chi connectivity index (χ0) is 19.0. The van der Waals surface area contributed by atoms with Gasteiger partial charge in [-0.15, -0.1) is 0 Å². The second-order valence-corrected chi connectivity index (χ2v) is 5.96. The first-order valence-corrected chi connectivity index (χ1v) is 8.06. The summed E-state index contributed by atoms with van der Waals surface area (Å²) in [6, 6.07) is 1.82. The van der Waals surface area contributed by atoms with Gasteiger partial charge in [0.05, 0.1) is 5.69 Å². The van der Waals surface area contributed by atoms with E-state index in [1.54, 1.807) is 20.8 Å². The maximum Gasteiger partial charge on any atom is 0.265 e. The first-order chi connectivity index (χ1) is 12.3. The Morgan fingerprint density at radius 1 is 1.35 bits per heavy atom. The molecule has 6 nitrogen and oxygen atoms in total. The molecule has 1 unspecified atom stereocenters. The maximum atomic E-state index is 13.8. The van der Waals surface area contributed by atoms with Crippen LogP contribution < -0.4 is 10.9 Å². The molecule has 2 aromatic heterocycles. The van der Waals surface area contributed by atoms with Gasteiger partial charge in [0.25, 0.3) is 5.56 Å². The average molecular weight is 361 g/mol. The lowest BCUT2D eigenvalue weighted by molar-refractivity contribution is -0.119. The first-order valence-electron chi connectivity index (χ1n) is 8.06. The predicted molar refractivity (Wildman–Crippen MR) is 92.1 cm³/mol. The fraction of sp³-hybridized carbons (Fsp3) is 0.278. The molecule has 0 saturated heterocycles. The molecule has 3 rings (SSSR count). The topological polar surface area (TPSA) is 77.1 Å². The van der Waals surface area contributed by atoms with Crippen LogP contribution in [0.1, 0.15) is 30.7 Å². The van der Waals surface area contributed by atoms with Gasteiger partial charge >= 0.3 is 0 Å². The number of benzene rings is 1. The zero-order valence-electron chi connectivity index (χ0n) is 14.5. The third-order valence-corrected chi connectivity index (χ3v) is 4.33. The molecule has 1 aromatic carbocycles. The molecule has 0 aliphatic carbocycles. The largest absolute Gasteiger partial charge is 0.443 e. The van der Waals surface area contributed by atoms with Crippen molar-refractivity contribution in [2.75, 3.05) is 5.32 Å². The van der Waals surface area contributed by atoms with Crippen molar-refractivity contribution in [3.8, 4) is 0 Å². The maximum absolute atomic E-state index is 13.8. The number of nitrogens with zero attached hydrogens (tertiary/aromatic N) is 2. The summed E-state index contributed by atoms with van der Waals surface area (Å²) in [5, 5.41) is 2.63. The molecule has 1 N–H and O–H groups in total. The fourth-order valence-electron chi connectivity index (χ4n) is 2.79. The normalized spacial score (nSPS) is 12.3. The number of anilines is 1. The number of amides is 1. The smallest absolute Gasteiger partial charge is 0.265 e. The number of fused-ring (bicyclic) bond motifs is 1. The molecular formula is C18H17F2N3O3. The molecule has 1 amide bonds. The minimum Gasteiger partial charge on any atom is -0.443 e. The lowest BCUT2D eigenvalue weighted by atomic mass is 10.1. The highest BCUT2D eigenvalue weighted by molar-refractivity contribution is 5.94. The van der Waals surface area contributed by atoms with Crippen LogP contribution in [0, 0.1) is 25.5 Å². The van der Waals surface area contributed by atoms with Gasteiger partial charge in [-0.1, -0.05) is 6.92 Å². The second-order valence-electron chi connectivity index (χ2n) is 5.96. The number of carbonyl (C=O) groups is 1. The molecule has 0 radical (unpaired) electrons. The standard InChI is InChI=1S/C18H17F2N3O3/c1-4-14(16(24)22-13-7-11(19)5-6-12(13)20)23-8-21-17-15(18(23)25)9(2)10(3)26-17/h5-8,14H,4H2,1-3H3,(H,22,24). The van der Waals surface area contributed by atoms with Gasteiger partial charge in [0, 0.05) is 11.6 Å². The van der Waals surface area contributed by atoms with E-state index in [1.807, 2.05) is 0 Å². The van der Waals surface area contributed by atoms with E-state index in [0.29, 0.717) is 16.7 Å². The van der Waals surface area contributed by atoms with Crippen LogP contribution in [0.4, 0.5) is 14.5 Å². The Balaban J connectivity index is 2.01. The Labute approximate surface area is 147 Å². The summed E-state index contributed by atoms with van der Waals surface area (Å²) in [6.07, 6.45) is 1.48. The number of aromatic nitrogens is 2. The summed E-state index contributed by atoms with van der Waals surface area (Å²) in [7, 11) is 0. The van der Waals surface area contributed by atoms with Crippen LogP contribution in [0.3, 0.4) is 0 Å². The minimum atomic E-state index is -0.934. The van der Waals surface area contributed by atoms with Crippen LogP contribution in [0.5, 0.6) is 0 Å². The number of rotatable bonds is 4. The van der Waals surface area contributed by atoms with Crippen LogP contribution >= 0.6 is 0 Å². The van der Waals surface area contributed by atoms with E-state index in [4.69, 9.17) is 4.42 Å². The monoisotopic (exact) mass is 361 g/mol. The van der Waals surface area contributed by atoms with E-state index in [2.05, 4.69) is 10.3 Å². The van der Waals surface area contributed by atoms with Gasteiger partial charge in [-0.05, 0) is 32.4 Å². The van der Waals surface area contributed by atoms with E-state index in [1.165, 1.54) is 10.9 Å². The lowest BCUT2D eigenvalue weighted by Gasteiger charge is -2.17. The van der Waals surface area contributed by atoms with Crippen molar-refractivity contribution in [2.45, 2.75) is 33.2 Å². The Morgan fingerprint density at radius 2 is 2.08 bits per heavy atom. The van der Waals surface area contributed by atoms with E-state index in [0.717, 1.165) is 18.2 Å². The summed E-state index contributed by atoms with van der Waals surface area (Å²) in [5.74, 6) is -1.52. The minimum absolute atomic E-state index is 0.202. The van der Waals surface area contributed by atoms with Gasteiger partial charge < -0.3 is 9.73 Å². The average Bonchev–Trinajstić information content (AvgIpc) is 2.89. The van der Waals surface area contributed by atoms with Crippen molar-refractivity contribution in [1.29, 1.82) is 0 Å². The van der Waals surface area contributed by atoms with Gasteiger partial charge in [0.15, 0.2) is 0 Å². The Hall–Kier alpha value is -3.03. The molecule has 3 aromatic rings. The predicted octanol–water partition coefficient (Wildman–Crippen LogP) is 3.47. The van der Waals surface area contributed by atoms with Crippen LogP contribution in [-0.2, 0) is 4.79 Å². The van der Waals surface area contributed by atoms with E-state index in [-0.39, 0.29) is 17.8 Å². The summed E-state index contributed by atoms with van der Waals surface area (Å²) in [5.41, 5.74) is 0.142. The number of aryl methyl sites for hydroxylation is 2. The summed E-state index contributed by atoms with van der Waals surface area (Å²) >= 11 is 0. The number of carbonyl (C=O) groups excluding carboxylic acids is 1. The van der Waals surface area contributed by atoms with Gasteiger partial charge in [0.2, 0.25) is 11.6 Å². The van der Waals surface area contributed by atoms with Gasteiger partial charge in [-0.2, -0.15) is 0 Å². The van der Waals surface area contributed by atoms with Crippen molar-refractivity contribution < 1.29 is 18.0 Å². The molecule has 0 spiro atoms. The molecule has 0 fully saturated rings. The quantitative estimate of drug-likeness (QED) is 0.772. The molecule has 0 bridgehead atoms. The third-order valence-electron chi connectivity index (χ3n) is 4.33. The highest BCUT2D eigenvalue weighted by Gasteiger charge is 2.24. The highest BCUT2D eigenvalue weighted by atomic mass is 19.1. The van der Waals surface area contributed by atoms with Gasteiger partial charge in [0.1, 0.15) is 35.2 Å². The lowest BCUT2D eigenvalue weighted by Crippen LogP contribution is -2.33. The zero-order valence-corrected chi connectivity index (χ0v) is 14.5. The molecule has 2 heterocycles. The van der Waals surface area contributed by atoms with E-state index >= 15 is 0 Å². The molecule has 136 valence electrons. The van der Waals surface area contributed by atoms with Crippen molar-refractivity contribution in [1.82, 2.24) is 9.55 Å². The summed E-state index contributed by atoms with van der Waals surface area (Å²) in [6.45, 7) is 5.16. The molecule has 1 atom stereocenters. The van der Waals surface area contributed by atoms with Crippen LogP contribution in [0.25, 0.3) is 11.1 Å². The Kier molecular flexibility index (Phi) is 4.58. The Bertz CT molecular complexity index is 1060. The second kappa shape index (κ2) is 6.70. The number of nitrogens with one attached hydrogen (secondary N) is 1. The van der Waals surface area contributed by atoms with Crippen molar-refractivity contribution >= 4 is 22.7 Å². The fourth-order valence-corrected chi connectivity index (χ4v) is 2.79. The van der Waals surface area contributed by atoms with Crippen LogP contribution in [0.2, 0.25) is 0 Å². The highest BCUT2D eigenvalue weighted by Crippen LogP contribution is 2.22. The van der Waals surface area contributed by atoms with Crippen molar-refractivity contribution in [2.24, 2.45) is 0 Å². The SMILES string of the molecule is CCC(C(=O)Nc1cc(F)ccc1F)n1cnc2oc(C)c(C)c2c1=O. The number of halogens is 2. The molecule has 0 aliphatic rings. The number of hydrogen-bond acceptors (Lipinski definition) is 4. The van der Waals surface area contributed by atoms with Crippen molar-refractivity contribution in [3.05, 3.63) is 57.8 Å². The summed E-state index contributed by atoms with van der Waals surface area (Å²) < 4.78 is 33.7. The first kappa shape index (κ1) is 17.8. The van der Waals surface area contributed by atoms with Crippen LogP contribution in [-0.4, -0.2) is 15.5 Å². The van der Waals surface area contributed by atoms with Crippen LogP contribution in [0.15, 0.2) is 33.7 Å². The van der Waals surface area contributed by atoms with Gasteiger partial charge in [-0.25, -0.2) is 13.8 Å². The molecular weight excluding hydrogens is 344 g/mol. The van der Waals surface area contributed by atoms with Gasteiger partial charge in [-0.3, -0.25) is 14.2 Å². The van der Waals surface area contributed by atoms with E-state index < -0.39 is 29.1 Å². The number of furan rings is 1. The third kappa shape index (κ3) is 2.98. The van der Waals surface area contributed by atoms with Crippen molar-refractivity contribution in [3.63, 3.8) is 0 Å². The number of hydrogen-bond donors (Lipinski definition) is 1. The molecule has 0 saturated carbocycles. The molecule has 26 heavy (non-hydrogen) atoms. The Morgan fingerprint density at radius 3 is 2.77 bits per heavy atom. The molecule has 8 heteroatoms. The molecule has 0 aliphatic heterocycles. The summed E-state index contributed by atoms with van der Waals surface area (Å²) in [4.78, 5) is 29.5.